The van der Waals surface area contributed by atoms with Crippen LogP contribution >= 0.6 is 0 Å². The minimum atomic E-state index is -0.0120. The van der Waals surface area contributed by atoms with Gasteiger partial charge in [-0.15, -0.1) is 0 Å². The third kappa shape index (κ3) is 4.54. The largest absolute Gasteiger partial charge is 0.341 e. The zero-order valence-corrected chi connectivity index (χ0v) is 14.1. The van der Waals surface area contributed by atoms with Crippen molar-refractivity contribution in [2.45, 2.75) is 32.6 Å². The van der Waals surface area contributed by atoms with Gasteiger partial charge in [0.05, 0.1) is 18.1 Å². The van der Waals surface area contributed by atoms with E-state index >= 15 is 0 Å². The molecule has 5 nitrogen and oxygen atoms in total. The van der Waals surface area contributed by atoms with Gasteiger partial charge in [-0.1, -0.05) is 37.3 Å². The maximum absolute atomic E-state index is 12.0. The minimum absolute atomic E-state index is 0.0120. The third-order valence-electron chi connectivity index (χ3n) is 4.47. The molecule has 0 radical (unpaired) electrons. The molecule has 3 rings (SSSR count). The van der Waals surface area contributed by atoms with Crippen LogP contribution in [0, 0.1) is 5.92 Å². The summed E-state index contributed by atoms with van der Waals surface area (Å²) in [5, 5.41) is 2.87. The maximum atomic E-state index is 12.0. The quantitative estimate of drug-likeness (QED) is 0.917. The van der Waals surface area contributed by atoms with Crippen LogP contribution in [0.5, 0.6) is 0 Å². The Morgan fingerprint density at radius 2 is 1.83 bits per heavy atom. The van der Waals surface area contributed by atoms with Crippen molar-refractivity contribution >= 4 is 17.5 Å². The summed E-state index contributed by atoms with van der Waals surface area (Å²) in [4.78, 5) is 23.0. The van der Waals surface area contributed by atoms with Gasteiger partial charge in [0, 0.05) is 19.5 Å². The van der Waals surface area contributed by atoms with E-state index in [9.17, 15) is 4.79 Å². The number of carbonyl (C=O) groups is 1. The number of anilines is 2. The smallest absolute Gasteiger partial charge is 0.225 e. The number of rotatable bonds is 5. The summed E-state index contributed by atoms with van der Waals surface area (Å²) < 4.78 is 0. The van der Waals surface area contributed by atoms with Crippen LogP contribution in [0.2, 0.25) is 0 Å². The molecule has 0 bridgehead atoms. The summed E-state index contributed by atoms with van der Waals surface area (Å²) in [5.74, 6) is 1.52. The van der Waals surface area contributed by atoms with Crippen molar-refractivity contribution < 1.29 is 4.79 Å². The van der Waals surface area contributed by atoms with Gasteiger partial charge in [0.1, 0.15) is 0 Å². The van der Waals surface area contributed by atoms with Gasteiger partial charge in [0.15, 0.2) is 0 Å². The van der Waals surface area contributed by atoms with Crippen LogP contribution in [0.1, 0.15) is 31.7 Å². The van der Waals surface area contributed by atoms with E-state index in [-0.39, 0.29) is 5.91 Å². The van der Waals surface area contributed by atoms with Gasteiger partial charge in [-0.05, 0) is 30.7 Å². The highest BCUT2D eigenvalue weighted by atomic mass is 16.1. The first kappa shape index (κ1) is 16.4. The molecule has 1 aliphatic rings. The molecule has 0 atom stereocenters. The summed E-state index contributed by atoms with van der Waals surface area (Å²) in [5.41, 5.74) is 1.82. The van der Waals surface area contributed by atoms with Gasteiger partial charge in [-0.25, -0.2) is 9.97 Å². The highest BCUT2D eigenvalue weighted by molar-refractivity contribution is 5.90. The molecule has 2 aromatic rings. The van der Waals surface area contributed by atoms with Crippen LogP contribution in [0.15, 0.2) is 42.7 Å². The number of amides is 1. The summed E-state index contributed by atoms with van der Waals surface area (Å²) in [7, 11) is 0. The number of carbonyl (C=O) groups excluding carboxylic acids is 1. The standard InChI is InChI=1S/C19H24N4O/c1-15-9-11-23(12-10-15)19-20-13-17(14-21-19)22-18(24)8-7-16-5-3-2-4-6-16/h2-6,13-15H,7-12H2,1H3,(H,22,24). The number of hydrogen-bond acceptors (Lipinski definition) is 4. The highest BCUT2D eigenvalue weighted by Crippen LogP contribution is 2.20. The van der Waals surface area contributed by atoms with Crippen molar-refractivity contribution in [1.29, 1.82) is 0 Å². The van der Waals surface area contributed by atoms with Crippen LogP contribution < -0.4 is 10.2 Å². The molecule has 0 unspecified atom stereocenters. The molecule has 5 heteroatoms. The van der Waals surface area contributed by atoms with Gasteiger partial charge in [0.2, 0.25) is 11.9 Å². The van der Waals surface area contributed by atoms with Crippen molar-refractivity contribution in [2.75, 3.05) is 23.3 Å². The molecule has 1 aromatic heterocycles. The third-order valence-corrected chi connectivity index (χ3v) is 4.47. The molecule has 0 spiro atoms. The second-order valence-corrected chi connectivity index (χ2v) is 6.48. The van der Waals surface area contributed by atoms with Crippen molar-refractivity contribution in [3.05, 3.63) is 48.3 Å². The Labute approximate surface area is 143 Å². The molecule has 0 saturated carbocycles. The Hall–Kier alpha value is -2.43. The van der Waals surface area contributed by atoms with Crippen molar-refractivity contribution in [3.8, 4) is 0 Å². The number of nitrogens with zero attached hydrogens (tertiary/aromatic N) is 3. The lowest BCUT2D eigenvalue weighted by molar-refractivity contribution is -0.116. The van der Waals surface area contributed by atoms with E-state index in [2.05, 4.69) is 27.1 Å². The van der Waals surface area contributed by atoms with Crippen LogP contribution in [-0.2, 0) is 11.2 Å². The predicted octanol–water partition coefficient (Wildman–Crippen LogP) is 3.28. The summed E-state index contributed by atoms with van der Waals surface area (Å²) in [6, 6.07) is 10.0. The number of aromatic nitrogens is 2. The molecule has 1 N–H and O–H groups in total. The summed E-state index contributed by atoms with van der Waals surface area (Å²) in [6.45, 7) is 4.29. The van der Waals surface area contributed by atoms with E-state index in [1.165, 1.54) is 18.4 Å². The molecule has 24 heavy (non-hydrogen) atoms. The molecule has 126 valence electrons. The molecule has 1 amide bonds. The normalized spacial score (nSPS) is 15.3. The zero-order valence-electron chi connectivity index (χ0n) is 14.1. The molecule has 2 heterocycles. The molecular weight excluding hydrogens is 300 g/mol. The molecule has 1 fully saturated rings. The van der Waals surface area contributed by atoms with E-state index in [0.29, 0.717) is 12.1 Å². The molecule has 0 aliphatic carbocycles. The SMILES string of the molecule is CC1CCN(c2ncc(NC(=O)CCc3ccccc3)cn2)CC1. The van der Waals surface area contributed by atoms with Gasteiger partial charge in [-0.3, -0.25) is 4.79 Å². The predicted molar refractivity (Wildman–Crippen MR) is 96.0 cm³/mol. The van der Waals surface area contributed by atoms with Gasteiger partial charge in [-0.2, -0.15) is 0 Å². The fraction of sp³-hybridized carbons (Fsp3) is 0.421. The van der Waals surface area contributed by atoms with E-state index < -0.39 is 0 Å². The maximum Gasteiger partial charge on any atom is 0.225 e. The first-order chi connectivity index (χ1) is 11.7. The van der Waals surface area contributed by atoms with Gasteiger partial charge < -0.3 is 10.2 Å². The Bertz CT molecular complexity index is 649. The van der Waals surface area contributed by atoms with Gasteiger partial charge >= 0.3 is 0 Å². The van der Waals surface area contributed by atoms with Crippen LogP contribution in [0.4, 0.5) is 11.6 Å². The highest BCUT2D eigenvalue weighted by Gasteiger charge is 2.17. The number of aryl methyl sites for hydroxylation is 1. The van der Waals surface area contributed by atoms with E-state index in [1.807, 2.05) is 30.3 Å². The minimum Gasteiger partial charge on any atom is -0.341 e. The van der Waals surface area contributed by atoms with Crippen LogP contribution in [0.25, 0.3) is 0 Å². The second kappa shape index (κ2) is 7.90. The average molecular weight is 324 g/mol. The molecular formula is C19H24N4O. The molecule has 1 saturated heterocycles. The molecule has 1 aromatic carbocycles. The topological polar surface area (TPSA) is 58.1 Å². The summed E-state index contributed by atoms with van der Waals surface area (Å²) in [6.07, 6.45) is 6.94. The lowest BCUT2D eigenvalue weighted by Crippen LogP contribution is -2.34. The fourth-order valence-corrected chi connectivity index (χ4v) is 2.88. The Morgan fingerprint density at radius 1 is 1.17 bits per heavy atom. The van der Waals surface area contributed by atoms with Crippen LogP contribution in [0.3, 0.4) is 0 Å². The average Bonchev–Trinajstić information content (AvgIpc) is 2.62. The lowest BCUT2D eigenvalue weighted by Gasteiger charge is -2.30. The fourth-order valence-electron chi connectivity index (χ4n) is 2.88. The Morgan fingerprint density at radius 3 is 2.50 bits per heavy atom. The first-order valence-corrected chi connectivity index (χ1v) is 8.61. The van der Waals surface area contributed by atoms with Crippen molar-refractivity contribution in [2.24, 2.45) is 5.92 Å². The first-order valence-electron chi connectivity index (χ1n) is 8.61. The zero-order chi connectivity index (χ0) is 16.8. The van der Waals surface area contributed by atoms with E-state index in [0.717, 1.165) is 31.4 Å². The Balaban J connectivity index is 1.49. The Kier molecular flexibility index (Phi) is 5.41. The van der Waals surface area contributed by atoms with Gasteiger partial charge in [0.25, 0.3) is 0 Å². The van der Waals surface area contributed by atoms with Crippen molar-refractivity contribution in [1.82, 2.24) is 9.97 Å². The second-order valence-electron chi connectivity index (χ2n) is 6.48. The van der Waals surface area contributed by atoms with Crippen molar-refractivity contribution in [3.63, 3.8) is 0 Å². The number of hydrogen-bond donors (Lipinski definition) is 1. The van der Waals surface area contributed by atoms with E-state index in [1.54, 1.807) is 12.4 Å². The molecule has 1 aliphatic heterocycles. The lowest BCUT2D eigenvalue weighted by atomic mass is 10.00. The monoisotopic (exact) mass is 324 g/mol. The number of piperidine rings is 1. The summed E-state index contributed by atoms with van der Waals surface area (Å²) >= 11 is 0. The number of benzene rings is 1. The number of nitrogens with one attached hydrogen (secondary N) is 1. The van der Waals surface area contributed by atoms with E-state index in [4.69, 9.17) is 0 Å². The van der Waals surface area contributed by atoms with Crippen LogP contribution in [-0.4, -0.2) is 29.0 Å².